The van der Waals surface area contributed by atoms with Crippen LogP contribution in [0.1, 0.15) is 11.1 Å². The Bertz CT molecular complexity index is 843. The third kappa shape index (κ3) is 3.56. The zero-order valence-electron chi connectivity index (χ0n) is 11.8. The van der Waals surface area contributed by atoms with E-state index in [-0.39, 0.29) is 0 Å². The predicted octanol–water partition coefficient (Wildman–Crippen LogP) is 6.00. The molecule has 0 saturated heterocycles. The van der Waals surface area contributed by atoms with Crippen molar-refractivity contribution in [2.45, 2.75) is 6.61 Å². The van der Waals surface area contributed by atoms with Crippen LogP contribution in [-0.4, -0.2) is 9.55 Å². The van der Waals surface area contributed by atoms with E-state index < -0.39 is 0 Å². The number of rotatable bonds is 5. The topological polar surface area (TPSA) is 27.1 Å². The van der Waals surface area contributed by atoms with Crippen LogP contribution in [0.2, 0.25) is 14.4 Å². The summed E-state index contributed by atoms with van der Waals surface area (Å²) in [4.78, 5) is 4.02. The lowest BCUT2D eigenvalue weighted by Crippen LogP contribution is -2.02. The molecule has 0 radical (unpaired) electrons. The Hall–Kier alpha value is -1.46. The molecule has 1 aromatic carbocycles. The fourth-order valence-electron chi connectivity index (χ4n) is 2.05. The molecule has 0 atom stereocenters. The summed E-state index contributed by atoms with van der Waals surface area (Å²) >= 11 is 20.0. The van der Waals surface area contributed by atoms with Gasteiger partial charge in [-0.1, -0.05) is 41.4 Å². The van der Waals surface area contributed by atoms with Crippen LogP contribution in [-0.2, 0) is 6.61 Å². The van der Waals surface area contributed by atoms with Gasteiger partial charge in [0.2, 0.25) is 0 Å². The molecule has 23 heavy (non-hydrogen) atoms. The smallest absolute Gasteiger partial charge is 0.147 e. The van der Waals surface area contributed by atoms with Crippen LogP contribution in [0.4, 0.5) is 0 Å². The van der Waals surface area contributed by atoms with Gasteiger partial charge in [-0.15, -0.1) is 11.3 Å². The summed E-state index contributed by atoms with van der Waals surface area (Å²) in [5, 5.41) is 2.84. The van der Waals surface area contributed by atoms with Gasteiger partial charge in [-0.3, -0.25) is 0 Å². The van der Waals surface area contributed by atoms with Gasteiger partial charge in [0.1, 0.15) is 12.4 Å². The molecule has 7 heteroatoms. The summed E-state index contributed by atoms with van der Waals surface area (Å²) in [6, 6.07) is 5.32. The van der Waals surface area contributed by atoms with E-state index in [0.29, 0.717) is 38.0 Å². The lowest BCUT2D eigenvalue weighted by atomic mass is 10.1. The summed E-state index contributed by atoms with van der Waals surface area (Å²) in [5.74, 6) is 0.511. The van der Waals surface area contributed by atoms with Gasteiger partial charge < -0.3 is 9.30 Å². The third-order valence-electron chi connectivity index (χ3n) is 3.20. The molecule has 0 aliphatic heterocycles. The van der Waals surface area contributed by atoms with Crippen molar-refractivity contribution in [1.82, 2.24) is 9.55 Å². The molecule has 0 aliphatic carbocycles. The lowest BCUT2D eigenvalue weighted by molar-refractivity contribution is 0.306. The standard InChI is InChI=1S/C16H11Cl3N2OS/c1-10(21-4-3-20-9-21)13-6-12(17)7-14(18)15(13)22-8-11-2-5-23-16(11)19/h2-7,9H,1,8H2. The fourth-order valence-corrected chi connectivity index (χ4v) is 3.50. The molecule has 118 valence electrons. The largest absolute Gasteiger partial charge is 0.487 e. The molecule has 2 heterocycles. The van der Waals surface area contributed by atoms with Crippen molar-refractivity contribution in [2.24, 2.45) is 0 Å². The highest BCUT2D eigenvalue weighted by Gasteiger charge is 2.15. The normalized spacial score (nSPS) is 10.7. The molecule has 0 bridgehead atoms. The molecule has 3 aromatic rings. The SMILES string of the molecule is C=C(c1cc(Cl)cc(Cl)c1OCc1ccsc1Cl)n1ccnc1. The highest BCUT2D eigenvalue weighted by molar-refractivity contribution is 7.14. The van der Waals surface area contributed by atoms with E-state index in [1.807, 2.05) is 11.4 Å². The second-order valence-electron chi connectivity index (χ2n) is 4.69. The molecule has 0 N–H and O–H groups in total. The van der Waals surface area contributed by atoms with Crippen molar-refractivity contribution in [3.63, 3.8) is 0 Å². The Morgan fingerprint density at radius 3 is 2.78 bits per heavy atom. The van der Waals surface area contributed by atoms with E-state index in [4.69, 9.17) is 39.5 Å². The first-order valence-electron chi connectivity index (χ1n) is 6.57. The Balaban J connectivity index is 1.95. The van der Waals surface area contributed by atoms with Crippen LogP contribution in [0.3, 0.4) is 0 Å². The van der Waals surface area contributed by atoms with Gasteiger partial charge in [-0.05, 0) is 23.6 Å². The molecule has 0 spiro atoms. The quantitative estimate of drug-likeness (QED) is 0.538. The summed E-state index contributed by atoms with van der Waals surface area (Å²) in [6.45, 7) is 4.39. The summed E-state index contributed by atoms with van der Waals surface area (Å²) < 4.78 is 8.37. The second kappa shape index (κ2) is 6.97. The number of benzene rings is 1. The van der Waals surface area contributed by atoms with Crippen molar-refractivity contribution in [3.05, 3.63) is 74.4 Å². The molecule has 3 nitrogen and oxygen atoms in total. The average Bonchev–Trinajstić information content (AvgIpc) is 3.17. The summed E-state index contributed by atoms with van der Waals surface area (Å²) in [7, 11) is 0. The molecular weight excluding hydrogens is 375 g/mol. The highest BCUT2D eigenvalue weighted by atomic mass is 35.5. The summed E-state index contributed by atoms with van der Waals surface area (Å²) in [6.07, 6.45) is 5.11. The van der Waals surface area contributed by atoms with Gasteiger partial charge in [-0.2, -0.15) is 0 Å². The molecule has 3 rings (SSSR count). The van der Waals surface area contributed by atoms with Gasteiger partial charge in [0.25, 0.3) is 0 Å². The van der Waals surface area contributed by atoms with Gasteiger partial charge >= 0.3 is 0 Å². The van der Waals surface area contributed by atoms with Gasteiger partial charge in [0.05, 0.1) is 21.4 Å². The minimum atomic E-state index is 0.313. The lowest BCUT2D eigenvalue weighted by Gasteiger charge is -2.16. The van der Waals surface area contributed by atoms with E-state index in [1.54, 1.807) is 35.4 Å². The Kier molecular flexibility index (Phi) is 4.97. The van der Waals surface area contributed by atoms with E-state index in [9.17, 15) is 0 Å². The molecule has 0 fully saturated rings. The maximum absolute atomic E-state index is 6.31. The van der Waals surface area contributed by atoms with Crippen LogP contribution in [0, 0.1) is 0 Å². The van der Waals surface area contributed by atoms with Crippen LogP contribution in [0.25, 0.3) is 5.70 Å². The number of hydrogen-bond acceptors (Lipinski definition) is 3. The zero-order valence-corrected chi connectivity index (χ0v) is 14.9. The van der Waals surface area contributed by atoms with Crippen LogP contribution < -0.4 is 4.74 Å². The zero-order chi connectivity index (χ0) is 16.4. The van der Waals surface area contributed by atoms with Crippen molar-refractivity contribution < 1.29 is 4.74 Å². The van der Waals surface area contributed by atoms with Crippen LogP contribution in [0.15, 0.2) is 48.9 Å². The number of thiophene rings is 1. The fraction of sp³-hybridized carbons (Fsp3) is 0.0625. The first-order valence-corrected chi connectivity index (χ1v) is 8.59. The van der Waals surface area contributed by atoms with Crippen molar-refractivity contribution in [1.29, 1.82) is 0 Å². The number of imidazole rings is 1. The second-order valence-corrected chi connectivity index (χ2v) is 7.05. The number of halogens is 3. The van der Waals surface area contributed by atoms with Crippen LogP contribution in [0.5, 0.6) is 5.75 Å². The predicted molar refractivity (Wildman–Crippen MR) is 96.8 cm³/mol. The summed E-state index contributed by atoms with van der Waals surface area (Å²) in [5.41, 5.74) is 2.27. The third-order valence-corrected chi connectivity index (χ3v) is 4.95. The van der Waals surface area contributed by atoms with Gasteiger partial charge in [-0.25, -0.2) is 4.98 Å². The Morgan fingerprint density at radius 1 is 1.30 bits per heavy atom. The van der Waals surface area contributed by atoms with E-state index >= 15 is 0 Å². The average molecular weight is 386 g/mol. The Labute approximate surface area is 152 Å². The van der Waals surface area contributed by atoms with Crippen LogP contribution >= 0.6 is 46.1 Å². The van der Waals surface area contributed by atoms with Crippen molar-refractivity contribution in [2.75, 3.05) is 0 Å². The minimum absolute atomic E-state index is 0.313. The highest BCUT2D eigenvalue weighted by Crippen LogP contribution is 2.37. The van der Waals surface area contributed by atoms with E-state index in [2.05, 4.69) is 11.6 Å². The molecule has 0 saturated carbocycles. The number of nitrogens with zero attached hydrogens (tertiary/aromatic N) is 2. The minimum Gasteiger partial charge on any atom is -0.487 e. The monoisotopic (exact) mass is 384 g/mol. The molecule has 2 aromatic heterocycles. The molecule has 0 unspecified atom stereocenters. The first-order chi connectivity index (χ1) is 11.1. The molecular formula is C16H11Cl3N2OS. The van der Waals surface area contributed by atoms with E-state index in [0.717, 1.165) is 5.56 Å². The molecule has 0 aliphatic rings. The van der Waals surface area contributed by atoms with Gasteiger partial charge in [0, 0.05) is 28.5 Å². The maximum Gasteiger partial charge on any atom is 0.147 e. The van der Waals surface area contributed by atoms with Crippen molar-refractivity contribution in [3.8, 4) is 5.75 Å². The van der Waals surface area contributed by atoms with Crippen molar-refractivity contribution >= 4 is 51.8 Å². The Morgan fingerprint density at radius 2 is 2.13 bits per heavy atom. The number of aromatic nitrogens is 2. The van der Waals surface area contributed by atoms with E-state index in [1.165, 1.54) is 11.3 Å². The first kappa shape index (κ1) is 16.4. The molecule has 0 amide bonds. The number of ether oxygens (including phenoxy) is 1. The van der Waals surface area contributed by atoms with Gasteiger partial charge in [0.15, 0.2) is 0 Å². The maximum atomic E-state index is 6.31. The number of hydrogen-bond donors (Lipinski definition) is 0.